The highest BCUT2D eigenvalue weighted by Crippen LogP contribution is 2.31. The molecule has 1 heterocycles. The lowest BCUT2D eigenvalue weighted by atomic mass is 10.3. The third-order valence-corrected chi connectivity index (χ3v) is 5.55. The molecule has 2 N–H and O–H groups in total. The van der Waals surface area contributed by atoms with E-state index in [9.17, 15) is 9.18 Å². The van der Waals surface area contributed by atoms with Crippen molar-refractivity contribution in [2.24, 2.45) is 0 Å². The van der Waals surface area contributed by atoms with Gasteiger partial charge in [-0.2, -0.15) is 0 Å². The number of nitrogens with one attached hydrogen (secondary N) is 2. The molecule has 0 aliphatic carbocycles. The molecule has 0 saturated carbocycles. The molecule has 0 saturated heterocycles. The summed E-state index contributed by atoms with van der Waals surface area (Å²) in [5.41, 5.74) is 1.21. The van der Waals surface area contributed by atoms with Gasteiger partial charge < -0.3 is 15.4 Å². The molecular formula is C17H14ClFN4O2S2. The van der Waals surface area contributed by atoms with E-state index in [1.54, 1.807) is 7.11 Å². The largest absolute Gasteiger partial charge is 0.495 e. The molecule has 3 aromatic rings. The van der Waals surface area contributed by atoms with Crippen LogP contribution in [0.15, 0.2) is 46.8 Å². The van der Waals surface area contributed by atoms with Crippen LogP contribution in [0.25, 0.3) is 0 Å². The number of methoxy groups -OCH3 is 1. The molecule has 10 heteroatoms. The van der Waals surface area contributed by atoms with Gasteiger partial charge in [-0.1, -0.05) is 46.8 Å². The van der Waals surface area contributed by atoms with E-state index in [0.29, 0.717) is 20.9 Å². The number of carbonyl (C=O) groups is 1. The summed E-state index contributed by atoms with van der Waals surface area (Å²) in [7, 11) is 1.59. The molecule has 0 atom stereocenters. The van der Waals surface area contributed by atoms with E-state index < -0.39 is 5.82 Å². The lowest BCUT2D eigenvalue weighted by Gasteiger charge is -2.07. The molecule has 0 unspecified atom stereocenters. The van der Waals surface area contributed by atoms with Gasteiger partial charge in [0.2, 0.25) is 11.0 Å². The van der Waals surface area contributed by atoms with Gasteiger partial charge in [0.25, 0.3) is 0 Å². The molecule has 3 rings (SSSR count). The fraction of sp³-hybridized carbons (Fsp3) is 0.118. The van der Waals surface area contributed by atoms with Crippen LogP contribution in [0.2, 0.25) is 5.02 Å². The number of benzene rings is 2. The number of aromatic nitrogens is 2. The lowest BCUT2D eigenvalue weighted by Crippen LogP contribution is -2.13. The van der Waals surface area contributed by atoms with E-state index in [4.69, 9.17) is 16.3 Å². The third-order valence-electron chi connectivity index (χ3n) is 3.29. The van der Waals surface area contributed by atoms with Crippen molar-refractivity contribution in [2.75, 3.05) is 23.5 Å². The first kappa shape index (κ1) is 19.4. The van der Waals surface area contributed by atoms with Crippen LogP contribution in [0.1, 0.15) is 0 Å². The van der Waals surface area contributed by atoms with Gasteiger partial charge in [0.15, 0.2) is 4.34 Å². The molecule has 0 aliphatic heterocycles. The second kappa shape index (κ2) is 9.03. The van der Waals surface area contributed by atoms with E-state index >= 15 is 0 Å². The number of hydrogen-bond donors (Lipinski definition) is 2. The number of thioether (sulfide) groups is 1. The van der Waals surface area contributed by atoms with Crippen molar-refractivity contribution < 1.29 is 13.9 Å². The minimum atomic E-state index is -0.534. The number of hydrogen-bond acceptors (Lipinski definition) is 7. The Labute approximate surface area is 168 Å². The molecule has 6 nitrogen and oxygen atoms in total. The molecule has 0 radical (unpaired) electrons. The minimum absolute atomic E-state index is 0.0448. The van der Waals surface area contributed by atoms with Gasteiger partial charge in [0.1, 0.15) is 11.6 Å². The van der Waals surface area contributed by atoms with Crippen LogP contribution in [0.5, 0.6) is 5.75 Å². The zero-order chi connectivity index (χ0) is 19.2. The zero-order valence-electron chi connectivity index (χ0n) is 14.0. The van der Waals surface area contributed by atoms with Crippen LogP contribution >= 0.6 is 34.7 Å². The summed E-state index contributed by atoms with van der Waals surface area (Å²) < 4.78 is 19.1. The lowest BCUT2D eigenvalue weighted by molar-refractivity contribution is -0.113. The first-order chi connectivity index (χ1) is 13.0. The van der Waals surface area contributed by atoms with Crippen LogP contribution < -0.4 is 15.4 Å². The van der Waals surface area contributed by atoms with Crippen molar-refractivity contribution in [3.05, 3.63) is 53.3 Å². The molecule has 0 aliphatic rings. The first-order valence-electron chi connectivity index (χ1n) is 7.66. The maximum Gasteiger partial charge on any atom is 0.234 e. The Morgan fingerprint density at radius 1 is 1.30 bits per heavy atom. The number of ether oxygens (including phenoxy) is 1. The molecule has 27 heavy (non-hydrogen) atoms. The number of carbonyl (C=O) groups excluding carboxylic acids is 1. The van der Waals surface area contributed by atoms with Gasteiger partial charge in [-0.3, -0.25) is 4.79 Å². The van der Waals surface area contributed by atoms with Crippen molar-refractivity contribution in [2.45, 2.75) is 4.34 Å². The zero-order valence-corrected chi connectivity index (χ0v) is 16.4. The summed E-state index contributed by atoms with van der Waals surface area (Å²) >= 11 is 8.27. The number of halogens is 2. The molecular weight excluding hydrogens is 411 g/mol. The predicted molar refractivity (Wildman–Crippen MR) is 107 cm³/mol. The quantitative estimate of drug-likeness (QED) is 0.530. The van der Waals surface area contributed by atoms with Crippen LogP contribution in [0.3, 0.4) is 0 Å². The van der Waals surface area contributed by atoms with Crippen LogP contribution in [0.4, 0.5) is 20.9 Å². The van der Waals surface area contributed by atoms with Crippen molar-refractivity contribution in [3.8, 4) is 5.75 Å². The number of rotatable bonds is 7. The Hall–Kier alpha value is -2.36. The molecule has 2 aromatic carbocycles. The average molecular weight is 425 g/mol. The van der Waals surface area contributed by atoms with Crippen molar-refractivity contribution in [1.82, 2.24) is 10.2 Å². The highest BCUT2D eigenvalue weighted by molar-refractivity contribution is 8.01. The van der Waals surface area contributed by atoms with Gasteiger partial charge in [-0.25, -0.2) is 4.39 Å². The van der Waals surface area contributed by atoms with Gasteiger partial charge in [-0.05, 0) is 30.3 Å². The Kier molecular flexibility index (Phi) is 6.49. The van der Waals surface area contributed by atoms with E-state index in [-0.39, 0.29) is 16.7 Å². The molecule has 0 spiro atoms. The Balaban J connectivity index is 1.54. The first-order valence-corrected chi connectivity index (χ1v) is 9.84. The van der Waals surface area contributed by atoms with Crippen LogP contribution in [-0.4, -0.2) is 29.0 Å². The number of para-hydroxylation sites is 2. The summed E-state index contributed by atoms with van der Waals surface area (Å²) in [6, 6.07) is 11.5. The molecule has 140 valence electrons. The standard InChI is InChI=1S/C17H14ClFN4O2S2/c1-25-14-5-3-2-4-13(14)21-16-22-23-17(27-16)26-9-15(24)20-10-6-7-12(19)11(18)8-10/h2-8H,9H2,1H3,(H,20,24)(H,21,22). The van der Waals surface area contributed by atoms with E-state index in [2.05, 4.69) is 20.8 Å². The van der Waals surface area contributed by atoms with Crippen LogP contribution in [-0.2, 0) is 4.79 Å². The van der Waals surface area contributed by atoms with Gasteiger partial charge in [-0.15, -0.1) is 10.2 Å². The summed E-state index contributed by atoms with van der Waals surface area (Å²) in [6.45, 7) is 0. The van der Waals surface area contributed by atoms with Gasteiger partial charge in [0.05, 0.1) is 23.6 Å². The minimum Gasteiger partial charge on any atom is -0.495 e. The van der Waals surface area contributed by atoms with E-state index in [1.807, 2.05) is 24.3 Å². The number of amides is 1. The molecule has 1 aromatic heterocycles. The number of nitrogens with zero attached hydrogens (tertiary/aromatic N) is 2. The number of anilines is 3. The summed E-state index contributed by atoms with van der Waals surface area (Å²) in [5.74, 6) is 0.0440. The molecule has 0 bridgehead atoms. The van der Waals surface area contributed by atoms with Crippen molar-refractivity contribution in [1.29, 1.82) is 0 Å². The fourth-order valence-electron chi connectivity index (χ4n) is 2.08. The molecule has 0 fully saturated rings. The second-order valence-corrected chi connectivity index (χ2v) is 7.77. The van der Waals surface area contributed by atoms with Gasteiger partial charge >= 0.3 is 0 Å². The Bertz CT molecular complexity index is 954. The average Bonchev–Trinajstić information content (AvgIpc) is 3.11. The summed E-state index contributed by atoms with van der Waals surface area (Å²) in [4.78, 5) is 12.0. The summed E-state index contributed by atoms with van der Waals surface area (Å²) in [5, 5.41) is 14.5. The van der Waals surface area contributed by atoms with Crippen molar-refractivity contribution in [3.63, 3.8) is 0 Å². The highest BCUT2D eigenvalue weighted by Gasteiger charge is 2.11. The maximum absolute atomic E-state index is 13.1. The monoisotopic (exact) mass is 424 g/mol. The Morgan fingerprint density at radius 2 is 2.11 bits per heavy atom. The van der Waals surface area contributed by atoms with E-state index in [1.165, 1.54) is 41.3 Å². The topological polar surface area (TPSA) is 76.1 Å². The molecule has 1 amide bonds. The fourth-order valence-corrected chi connectivity index (χ4v) is 3.82. The highest BCUT2D eigenvalue weighted by atomic mass is 35.5. The maximum atomic E-state index is 13.1. The second-order valence-electron chi connectivity index (χ2n) is 5.16. The SMILES string of the molecule is COc1ccccc1Nc1nnc(SCC(=O)Nc2ccc(F)c(Cl)c2)s1. The smallest absolute Gasteiger partial charge is 0.234 e. The predicted octanol–water partition coefficient (Wildman–Crippen LogP) is 4.81. The van der Waals surface area contributed by atoms with Crippen LogP contribution in [0, 0.1) is 5.82 Å². The Morgan fingerprint density at radius 3 is 2.89 bits per heavy atom. The van der Waals surface area contributed by atoms with Gasteiger partial charge in [0, 0.05) is 5.69 Å². The normalized spacial score (nSPS) is 10.5. The van der Waals surface area contributed by atoms with Crippen molar-refractivity contribution >= 4 is 57.1 Å². The summed E-state index contributed by atoms with van der Waals surface area (Å²) in [6.07, 6.45) is 0. The van der Waals surface area contributed by atoms with E-state index in [0.717, 1.165) is 5.69 Å². The third kappa shape index (κ3) is 5.31.